The monoisotopic (exact) mass is 683 g/mol. The van der Waals surface area contributed by atoms with Crippen molar-refractivity contribution in [2.45, 2.75) is 76.8 Å². The third-order valence-corrected chi connectivity index (χ3v) is 12.8. The summed E-state index contributed by atoms with van der Waals surface area (Å²) < 4.78 is 35.8. The molecule has 254 valence electrons. The number of allylic oxidation sites excluding steroid dienone is 2. The van der Waals surface area contributed by atoms with Crippen LogP contribution in [0.15, 0.2) is 48.6 Å². The van der Waals surface area contributed by atoms with Gasteiger partial charge >= 0.3 is 0 Å². The Balaban J connectivity index is 1.33. The third-order valence-electron chi connectivity index (χ3n) is 10.7. The first kappa shape index (κ1) is 33.8. The molecule has 4 aliphatic rings. The van der Waals surface area contributed by atoms with Gasteiger partial charge in [-0.3, -0.25) is 9.59 Å². The number of ether oxygens (including phenoxy) is 1. The number of amides is 2. The Morgan fingerprint density at radius 1 is 1.04 bits per heavy atom. The van der Waals surface area contributed by atoms with Gasteiger partial charge in [0.25, 0.3) is 5.91 Å². The number of carbonyl (C=O) groups excluding carboxylic acids is 2. The molecule has 11 heteroatoms. The highest BCUT2D eigenvalue weighted by Crippen LogP contribution is 2.40. The Labute approximate surface area is 283 Å². The first-order valence-corrected chi connectivity index (χ1v) is 18.9. The number of carbonyl (C=O) groups is 2. The number of likely N-dealkylation sites (tertiary alicyclic amines) is 1. The summed E-state index contributed by atoms with van der Waals surface area (Å²) in [6, 6.07) is 11.1. The summed E-state index contributed by atoms with van der Waals surface area (Å²) in [7, 11) is -4.02. The van der Waals surface area contributed by atoms with E-state index in [1.165, 1.54) is 5.56 Å². The van der Waals surface area contributed by atoms with Crippen LogP contribution in [0.25, 0.3) is 0 Å². The second-order valence-electron chi connectivity index (χ2n) is 14.0. The van der Waals surface area contributed by atoms with Crippen LogP contribution in [-0.4, -0.2) is 67.8 Å². The number of benzene rings is 2. The molecule has 1 saturated heterocycles. The predicted octanol–water partition coefficient (Wildman–Crippen LogP) is 5.34. The molecule has 3 heterocycles. The number of aliphatic hydroxyl groups excluding tert-OH is 1. The van der Waals surface area contributed by atoms with E-state index >= 15 is 0 Å². The molecular formula is C36H46ClN3O6S. The van der Waals surface area contributed by atoms with Gasteiger partial charge in [-0.1, -0.05) is 36.7 Å². The SMILES string of the molecule is C[C@@H]1[C@@H](C)C[C@H](CC(=O)N2CC(O)C2)/C=C/[C@@H]2CC[C@H]2CN2CCCCc3cc(Cl)ccc3COc3ccc(cc32)C(=O)NS1(=O)=O. The Bertz CT molecular complexity index is 1620. The highest BCUT2D eigenvalue weighted by molar-refractivity contribution is 7.90. The van der Waals surface area contributed by atoms with Crippen LogP contribution in [0.1, 0.15) is 73.9 Å². The number of aryl methyl sites for hydroxylation is 1. The molecule has 0 aromatic heterocycles. The summed E-state index contributed by atoms with van der Waals surface area (Å²) in [5, 5.41) is 9.56. The standard InChI is InChI=1S/C36H46ClN3O6S/c1-23-15-25(16-35(42)40-20-32(41)21-40)6-7-26-8-9-29(26)19-39-14-4-3-5-27-17-31(37)12-10-30(27)22-46-34-13-11-28(18-33(34)39)36(43)38-47(44,45)24(23)2/h6-7,10-13,17-18,23-26,29,32,41H,3-5,8-9,14-16,19-22H2,1-2H3,(H,38,43)/b7-6+/t23-,24+,25+,26+,29-/m0/s1. The number of anilines is 1. The zero-order valence-electron chi connectivity index (χ0n) is 27.2. The second kappa shape index (κ2) is 14.2. The minimum absolute atomic E-state index is 0.0282. The molecule has 5 atom stereocenters. The van der Waals surface area contributed by atoms with Crippen LogP contribution in [0.5, 0.6) is 5.75 Å². The van der Waals surface area contributed by atoms with Crippen LogP contribution in [0.2, 0.25) is 5.02 Å². The zero-order valence-corrected chi connectivity index (χ0v) is 28.8. The average Bonchev–Trinajstić information content (AvgIpc) is 3.03. The van der Waals surface area contributed by atoms with Crippen LogP contribution in [0, 0.1) is 23.7 Å². The highest BCUT2D eigenvalue weighted by Gasteiger charge is 2.35. The molecule has 1 saturated carbocycles. The number of halogens is 1. The summed E-state index contributed by atoms with van der Waals surface area (Å²) in [5.74, 6) is 0.211. The van der Waals surface area contributed by atoms with Crippen LogP contribution < -0.4 is 14.4 Å². The van der Waals surface area contributed by atoms with Gasteiger partial charge in [0.2, 0.25) is 15.9 Å². The fourth-order valence-corrected chi connectivity index (χ4v) is 8.72. The van der Waals surface area contributed by atoms with Gasteiger partial charge in [0, 0.05) is 43.2 Å². The quantitative estimate of drug-likeness (QED) is 0.411. The first-order valence-electron chi connectivity index (χ1n) is 17.0. The smallest absolute Gasteiger partial charge is 0.264 e. The molecule has 2 aromatic carbocycles. The van der Waals surface area contributed by atoms with Crippen LogP contribution >= 0.6 is 11.6 Å². The summed E-state index contributed by atoms with van der Waals surface area (Å²) in [5.41, 5.74) is 3.29. The first-order chi connectivity index (χ1) is 22.5. The summed E-state index contributed by atoms with van der Waals surface area (Å²) in [6.07, 6.45) is 9.54. The fraction of sp³-hybridized carbons (Fsp3) is 0.556. The molecule has 2 bridgehead atoms. The lowest BCUT2D eigenvalue weighted by molar-refractivity contribution is -0.142. The van der Waals surface area contributed by atoms with Crippen molar-refractivity contribution < 1.29 is 27.9 Å². The summed E-state index contributed by atoms with van der Waals surface area (Å²) in [4.78, 5) is 30.5. The number of β-amino-alcohol motifs (C(OH)–C–C–N with tert-alkyl or cyclic N) is 1. The molecule has 47 heavy (non-hydrogen) atoms. The molecule has 0 spiro atoms. The molecule has 0 radical (unpaired) electrons. The molecule has 3 aliphatic heterocycles. The minimum Gasteiger partial charge on any atom is -0.487 e. The second-order valence-corrected chi connectivity index (χ2v) is 16.5. The highest BCUT2D eigenvalue weighted by atomic mass is 35.5. The van der Waals surface area contributed by atoms with Gasteiger partial charge in [-0.15, -0.1) is 0 Å². The number of hydrogen-bond donors (Lipinski definition) is 2. The van der Waals surface area contributed by atoms with Crippen molar-refractivity contribution in [3.63, 3.8) is 0 Å². The van der Waals surface area contributed by atoms with E-state index in [1.54, 1.807) is 30.0 Å². The lowest BCUT2D eigenvalue weighted by atomic mass is 9.72. The number of aliphatic hydroxyl groups is 1. The predicted molar refractivity (Wildman–Crippen MR) is 183 cm³/mol. The van der Waals surface area contributed by atoms with Crippen molar-refractivity contribution in [2.24, 2.45) is 23.7 Å². The molecule has 2 amide bonds. The van der Waals surface area contributed by atoms with E-state index in [4.69, 9.17) is 16.3 Å². The Morgan fingerprint density at radius 3 is 2.60 bits per heavy atom. The maximum absolute atomic E-state index is 13.5. The van der Waals surface area contributed by atoms with E-state index in [-0.39, 0.29) is 29.7 Å². The van der Waals surface area contributed by atoms with Gasteiger partial charge in [-0.2, -0.15) is 0 Å². The third kappa shape index (κ3) is 7.81. The van der Waals surface area contributed by atoms with Gasteiger partial charge < -0.3 is 19.6 Å². The minimum atomic E-state index is -4.02. The molecule has 9 nitrogen and oxygen atoms in total. The maximum Gasteiger partial charge on any atom is 0.264 e. The fourth-order valence-electron chi connectivity index (χ4n) is 7.24. The Morgan fingerprint density at radius 2 is 1.85 bits per heavy atom. The van der Waals surface area contributed by atoms with Crippen LogP contribution in [0.4, 0.5) is 5.69 Å². The van der Waals surface area contributed by atoms with Crippen LogP contribution in [0.3, 0.4) is 0 Å². The average molecular weight is 684 g/mol. The van der Waals surface area contributed by atoms with E-state index in [0.29, 0.717) is 48.7 Å². The summed E-state index contributed by atoms with van der Waals surface area (Å²) in [6.45, 7) is 6.06. The van der Waals surface area contributed by atoms with Crippen molar-refractivity contribution in [3.05, 3.63) is 70.3 Å². The van der Waals surface area contributed by atoms with Crippen molar-refractivity contribution in [1.82, 2.24) is 9.62 Å². The molecule has 2 aromatic rings. The van der Waals surface area contributed by atoms with Gasteiger partial charge in [0.15, 0.2) is 0 Å². The lowest BCUT2D eigenvalue weighted by Gasteiger charge is -2.40. The lowest BCUT2D eigenvalue weighted by Crippen LogP contribution is -2.53. The number of sulfonamides is 1. The Kier molecular flexibility index (Phi) is 10.2. The molecule has 0 unspecified atom stereocenters. The van der Waals surface area contributed by atoms with Crippen molar-refractivity contribution in [2.75, 3.05) is 31.1 Å². The molecule has 1 aliphatic carbocycles. The van der Waals surface area contributed by atoms with E-state index in [9.17, 15) is 23.1 Å². The molecular weight excluding hydrogens is 638 g/mol. The van der Waals surface area contributed by atoms with Gasteiger partial charge in [-0.25, -0.2) is 13.1 Å². The zero-order chi connectivity index (χ0) is 33.3. The number of nitrogens with one attached hydrogen (secondary N) is 1. The number of rotatable bonds is 2. The van der Waals surface area contributed by atoms with Crippen molar-refractivity contribution in [1.29, 1.82) is 0 Å². The van der Waals surface area contributed by atoms with E-state index in [1.807, 2.05) is 25.1 Å². The molecule has 2 N–H and O–H groups in total. The van der Waals surface area contributed by atoms with E-state index in [2.05, 4.69) is 21.8 Å². The maximum atomic E-state index is 13.5. The number of fused-ring (bicyclic) bond motifs is 3. The number of nitrogens with zero attached hydrogens (tertiary/aromatic N) is 2. The van der Waals surface area contributed by atoms with E-state index < -0.39 is 27.3 Å². The normalized spacial score (nSPS) is 29.0. The van der Waals surface area contributed by atoms with Crippen molar-refractivity contribution >= 4 is 39.1 Å². The molecule has 6 rings (SSSR count). The molecule has 2 fully saturated rings. The Hall–Kier alpha value is -3.08. The van der Waals surface area contributed by atoms with Crippen LogP contribution in [-0.2, 0) is 27.8 Å². The van der Waals surface area contributed by atoms with Gasteiger partial charge in [0.05, 0.1) is 17.0 Å². The summed E-state index contributed by atoms with van der Waals surface area (Å²) >= 11 is 6.33. The largest absolute Gasteiger partial charge is 0.487 e. The van der Waals surface area contributed by atoms with E-state index in [0.717, 1.165) is 56.4 Å². The van der Waals surface area contributed by atoms with Gasteiger partial charge in [0.1, 0.15) is 12.4 Å². The van der Waals surface area contributed by atoms with Gasteiger partial charge in [-0.05, 0) is 111 Å². The van der Waals surface area contributed by atoms with Crippen molar-refractivity contribution in [3.8, 4) is 5.75 Å². The topological polar surface area (TPSA) is 116 Å². The number of hydrogen-bond acceptors (Lipinski definition) is 7.